The van der Waals surface area contributed by atoms with Crippen LogP contribution in [0.1, 0.15) is 22.5 Å². The summed E-state index contributed by atoms with van der Waals surface area (Å²) in [6.07, 6.45) is 1.19. The lowest BCUT2D eigenvalue weighted by Gasteiger charge is -2.31. The van der Waals surface area contributed by atoms with Crippen LogP contribution in [-0.4, -0.2) is 38.2 Å². The van der Waals surface area contributed by atoms with Gasteiger partial charge in [0.15, 0.2) is 0 Å². The molecule has 0 unspecified atom stereocenters. The fraction of sp³-hybridized carbons (Fsp3) is 0.294. The first-order valence-corrected chi connectivity index (χ1v) is 10.5. The molecule has 1 aromatic carbocycles. The van der Waals surface area contributed by atoms with E-state index in [1.54, 1.807) is 11.0 Å². The second-order valence-electron chi connectivity index (χ2n) is 6.10. The van der Waals surface area contributed by atoms with Crippen LogP contribution in [0.25, 0.3) is 0 Å². The zero-order valence-electron chi connectivity index (χ0n) is 13.9. The summed E-state index contributed by atoms with van der Waals surface area (Å²) < 4.78 is 22.5. The van der Waals surface area contributed by atoms with Gasteiger partial charge in [-0.05, 0) is 48.6 Å². The average Bonchev–Trinajstić information content (AvgIpc) is 3.15. The van der Waals surface area contributed by atoms with E-state index < -0.39 is 10.0 Å². The number of carbonyl (C=O) groups excluding carboxylic acids is 2. The van der Waals surface area contributed by atoms with Crippen LogP contribution in [0.15, 0.2) is 46.7 Å². The summed E-state index contributed by atoms with van der Waals surface area (Å²) in [6.45, 7) is 1.08. The third kappa shape index (κ3) is 4.29. The van der Waals surface area contributed by atoms with Crippen LogP contribution in [0, 0.1) is 5.92 Å². The number of nitrogens with one attached hydrogen (secondary N) is 1. The Morgan fingerprint density at radius 1 is 1.12 bits per heavy atom. The molecule has 3 N–H and O–H groups in total. The molecule has 26 heavy (non-hydrogen) atoms. The fourth-order valence-corrected chi connectivity index (χ4v) is 4.08. The van der Waals surface area contributed by atoms with E-state index in [9.17, 15) is 18.0 Å². The number of primary sulfonamides is 1. The van der Waals surface area contributed by atoms with E-state index in [4.69, 9.17) is 5.14 Å². The number of rotatable bonds is 4. The highest BCUT2D eigenvalue weighted by Crippen LogP contribution is 2.22. The largest absolute Gasteiger partial charge is 0.338 e. The number of thiophene rings is 1. The fourth-order valence-electron chi connectivity index (χ4n) is 2.87. The zero-order valence-corrected chi connectivity index (χ0v) is 15.6. The Kier molecular flexibility index (Phi) is 5.40. The molecule has 1 aliphatic heterocycles. The quantitative estimate of drug-likeness (QED) is 0.826. The number of sulfonamides is 1. The van der Waals surface area contributed by atoms with E-state index >= 15 is 0 Å². The second-order valence-corrected chi connectivity index (χ2v) is 8.61. The summed E-state index contributed by atoms with van der Waals surface area (Å²) in [5.41, 5.74) is 0.513. The number of nitrogens with two attached hydrogens (primary N) is 1. The van der Waals surface area contributed by atoms with Crippen molar-refractivity contribution < 1.29 is 18.0 Å². The molecule has 2 amide bonds. The zero-order chi connectivity index (χ0) is 18.7. The van der Waals surface area contributed by atoms with Gasteiger partial charge in [0.25, 0.3) is 5.91 Å². The number of amides is 2. The van der Waals surface area contributed by atoms with Crippen molar-refractivity contribution >= 4 is 38.9 Å². The minimum absolute atomic E-state index is 0.00380. The molecule has 0 bridgehead atoms. The molecule has 9 heteroatoms. The lowest BCUT2D eigenvalue weighted by Crippen LogP contribution is -2.41. The number of hydrogen-bond donors (Lipinski definition) is 2. The van der Waals surface area contributed by atoms with Crippen LogP contribution in [0.2, 0.25) is 0 Å². The number of carbonyl (C=O) groups is 2. The summed E-state index contributed by atoms with van der Waals surface area (Å²) in [5, 5.41) is 9.71. The highest BCUT2D eigenvalue weighted by Gasteiger charge is 2.28. The number of anilines is 1. The molecule has 1 aromatic heterocycles. The van der Waals surface area contributed by atoms with Gasteiger partial charge >= 0.3 is 0 Å². The van der Waals surface area contributed by atoms with E-state index in [1.807, 2.05) is 11.4 Å². The number of nitrogens with zero attached hydrogens (tertiary/aromatic N) is 1. The molecule has 0 spiro atoms. The van der Waals surface area contributed by atoms with Crippen molar-refractivity contribution in [3.8, 4) is 0 Å². The van der Waals surface area contributed by atoms with Gasteiger partial charge in [-0.1, -0.05) is 6.07 Å². The van der Waals surface area contributed by atoms with Crippen molar-refractivity contribution in [3.05, 3.63) is 46.7 Å². The van der Waals surface area contributed by atoms with Gasteiger partial charge in [0.2, 0.25) is 15.9 Å². The number of likely N-dealkylation sites (tertiary alicyclic amines) is 1. The highest BCUT2D eigenvalue weighted by atomic mass is 32.2. The topological polar surface area (TPSA) is 110 Å². The second kappa shape index (κ2) is 7.56. The molecule has 138 valence electrons. The van der Waals surface area contributed by atoms with Gasteiger partial charge < -0.3 is 10.2 Å². The molecule has 3 rings (SSSR count). The molecule has 1 aliphatic rings. The normalized spacial score (nSPS) is 15.7. The summed E-state index contributed by atoms with van der Waals surface area (Å²) in [6, 6.07) is 9.37. The van der Waals surface area contributed by atoms with Crippen molar-refractivity contribution in [1.82, 2.24) is 4.90 Å². The molecule has 0 radical (unpaired) electrons. The summed E-state index contributed by atoms with van der Waals surface area (Å²) in [5.74, 6) is -0.297. The smallest absolute Gasteiger partial charge is 0.263 e. The number of hydrogen-bond acceptors (Lipinski definition) is 5. The van der Waals surface area contributed by atoms with Crippen molar-refractivity contribution in [1.29, 1.82) is 0 Å². The van der Waals surface area contributed by atoms with Crippen LogP contribution in [-0.2, 0) is 14.8 Å². The van der Waals surface area contributed by atoms with Gasteiger partial charge in [-0.15, -0.1) is 11.3 Å². The van der Waals surface area contributed by atoms with Crippen LogP contribution in [0.4, 0.5) is 5.69 Å². The molecule has 2 aromatic rings. The Hall–Kier alpha value is -2.23. The predicted molar refractivity (Wildman–Crippen MR) is 99.4 cm³/mol. The van der Waals surface area contributed by atoms with Crippen molar-refractivity contribution in [2.45, 2.75) is 17.7 Å². The molecular weight excluding hydrogens is 374 g/mol. The Bertz CT molecular complexity index is 885. The van der Waals surface area contributed by atoms with Gasteiger partial charge in [-0.2, -0.15) is 0 Å². The van der Waals surface area contributed by atoms with Gasteiger partial charge in [-0.25, -0.2) is 13.6 Å². The maximum absolute atomic E-state index is 12.4. The Morgan fingerprint density at radius 3 is 2.31 bits per heavy atom. The molecule has 0 atom stereocenters. The molecule has 0 aliphatic carbocycles. The van der Waals surface area contributed by atoms with E-state index in [-0.39, 0.29) is 22.6 Å². The minimum Gasteiger partial charge on any atom is -0.338 e. The van der Waals surface area contributed by atoms with Gasteiger partial charge in [0.1, 0.15) is 0 Å². The van der Waals surface area contributed by atoms with Crippen LogP contribution < -0.4 is 10.5 Å². The minimum atomic E-state index is -3.75. The Morgan fingerprint density at radius 2 is 1.77 bits per heavy atom. The van der Waals surface area contributed by atoms with Crippen LogP contribution in [0.5, 0.6) is 0 Å². The van der Waals surface area contributed by atoms with E-state index in [0.29, 0.717) is 36.5 Å². The molecular formula is C17H19N3O4S2. The Balaban J connectivity index is 1.54. The number of benzene rings is 1. The monoisotopic (exact) mass is 393 g/mol. The average molecular weight is 393 g/mol. The van der Waals surface area contributed by atoms with Gasteiger partial charge in [-0.3, -0.25) is 9.59 Å². The van der Waals surface area contributed by atoms with E-state index in [2.05, 4.69) is 5.32 Å². The molecule has 7 nitrogen and oxygen atoms in total. The lowest BCUT2D eigenvalue weighted by molar-refractivity contribution is -0.121. The van der Waals surface area contributed by atoms with Gasteiger partial charge in [0.05, 0.1) is 9.77 Å². The molecule has 1 saturated heterocycles. The van der Waals surface area contributed by atoms with Crippen molar-refractivity contribution in [2.24, 2.45) is 11.1 Å². The van der Waals surface area contributed by atoms with E-state index in [0.717, 1.165) is 0 Å². The first-order valence-electron chi connectivity index (χ1n) is 8.11. The summed E-state index contributed by atoms with van der Waals surface area (Å²) >= 11 is 1.41. The maximum Gasteiger partial charge on any atom is 0.263 e. The third-order valence-corrected chi connectivity index (χ3v) is 6.12. The van der Waals surface area contributed by atoms with E-state index in [1.165, 1.54) is 35.6 Å². The van der Waals surface area contributed by atoms with Gasteiger partial charge in [0, 0.05) is 24.7 Å². The third-order valence-electron chi connectivity index (χ3n) is 4.34. The van der Waals surface area contributed by atoms with Crippen molar-refractivity contribution in [2.75, 3.05) is 18.4 Å². The summed E-state index contributed by atoms with van der Waals surface area (Å²) in [7, 11) is -3.75. The van der Waals surface area contributed by atoms with Crippen molar-refractivity contribution in [3.63, 3.8) is 0 Å². The van der Waals surface area contributed by atoms with Crippen LogP contribution >= 0.6 is 11.3 Å². The number of piperidine rings is 1. The standard InChI is InChI=1S/C17H19N3O4S2/c18-26(23,24)14-5-3-13(4-6-14)19-16(21)12-7-9-20(10-8-12)17(22)15-2-1-11-25-15/h1-6,11-12H,7-10H2,(H,19,21)(H2,18,23,24). The molecule has 1 fully saturated rings. The first kappa shape index (κ1) is 18.6. The lowest BCUT2D eigenvalue weighted by atomic mass is 9.95. The maximum atomic E-state index is 12.4. The SMILES string of the molecule is NS(=O)(=O)c1ccc(NC(=O)C2CCN(C(=O)c3cccs3)CC2)cc1. The first-order chi connectivity index (χ1) is 12.3. The predicted octanol–water partition coefficient (Wildman–Crippen LogP) is 1.89. The molecule has 0 saturated carbocycles. The summed E-state index contributed by atoms with van der Waals surface area (Å²) in [4.78, 5) is 27.2. The molecule has 2 heterocycles. The highest BCUT2D eigenvalue weighted by molar-refractivity contribution is 7.89. The van der Waals surface area contributed by atoms with Crippen LogP contribution in [0.3, 0.4) is 0 Å². The Labute approximate surface area is 155 Å².